The van der Waals surface area contributed by atoms with Gasteiger partial charge in [-0.1, -0.05) is 73.0 Å². The Morgan fingerprint density at radius 1 is 0.625 bits per heavy atom. The maximum atomic E-state index is 12.7. The summed E-state index contributed by atoms with van der Waals surface area (Å²) in [6.07, 6.45) is -1.23. The van der Waals surface area contributed by atoms with Crippen molar-refractivity contribution in [1.82, 2.24) is 10.6 Å². The standard InChI is InChI=1S/C26H52N2O8S2Si2/c1-23(2,3)35-21(33)27-25(19(29)30,13-15-39(7,8)9)17-37-38-18-26(20(31)32,14-16-40(10,11)12)28-22(34)36-24(4,5)6/h13-18H2,1-12H3,(H,27,33)(H,28,34)(H,29,30)(H,31,32). The molecule has 2 atom stereocenters. The Labute approximate surface area is 250 Å². The van der Waals surface area contributed by atoms with Gasteiger partial charge in [0, 0.05) is 27.7 Å². The molecular formula is C26H52N2O8S2Si2. The molecule has 10 nitrogen and oxygen atoms in total. The number of hydrogen-bond donors (Lipinski definition) is 4. The summed E-state index contributed by atoms with van der Waals surface area (Å²) in [7, 11) is -1.05. The van der Waals surface area contributed by atoms with E-state index in [4.69, 9.17) is 9.47 Å². The van der Waals surface area contributed by atoms with Crippen molar-refractivity contribution in [3.63, 3.8) is 0 Å². The summed E-state index contributed by atoms with van der Waals surface area (Å²) in [6.45, 7) is 22.9. The van der Waals surface area contributed by atoms with Crippen LogP contribution < -0.4 is 10.6 Å². The van der Waals surface area contributed by atoms with E-state index in [1.807, 2.05) is 0 Å². The van der Waals surface area contributed by atoms with E-state index in [1.165, 1.54) is 0 Å². The molecule has 2 unspecified atom stereocenters. The number of carbonyl (C=O) groups excluding carboxylic acids is 2. The number of ether oxygens (including phenoxy) is 2. The first-order valence-electron chi connectivity index (χ1n) is 13.4. The van der Waals surface area contributed by atoms with E-state index >= 15 is 0 Å². The average Bonchev–Trinajstić information content (AvgIpc) is 2.68. The predicted octanol–water partition coefficient (Wildman–Crippen LogP) is 6.52. The molecule has 0 saturated carbocycles. The second-order valence-corrected chi connectivity index (χ2v) is 28.4. The van der Waals surface area contributed by atoms with E-state index in [0.717, 1.165) is 21.6 Å². The van der Waals surface area contributed by atoms with Gasteiger partial charge in [0.05, 0.1) is 0 Å². The summed E-state index contributed by atoms with van der Waals surface area (Å²) in [5.74, 6) is -2.40. The Morgan fingerprint density at radius 2 is 0.900 bits per heavy atom. The number of alkyl carbamates (subject to hydrolysis) is 2. The summed E-state index contributed by atoms with van der Waals surface area (Å²) in [5, 5.41) is 25.8. The molecular weight excluding hydrogens is 589 g/mol. The predicted molar refractivity (Wildman–Crippen MR) is 170 cm³/mol. The Balaban J connectivity index is 5.98. The molecule has 0 rings (SSSR count). The monoisotopic (exact) mass is 640 g/mol. The molecule has 0 heterocycles. The zero-order valence-corrected chi connectivity index (χ0v) is 30.0. The molecule has 14 heteroatoms. The molecule has 0 aliphatic carbocycles. The minimum absolute atomic E-state index is 0.0210. The molecule has 2 amide bonds. The number of carboxylic acids is 2. The van der Waals surface area contributed by atoms with Gasteiger partial charge in [-0.3, -0.25) is 0 Å². The molecule has 0 aromatic rings. The van der Waals surface area contributed by atoms with Gasteiger partial charge in [0.1, 0.15) is 22.3 Å². The largest absolute Gasteiger partial charge is 0.479 e. The van der Waals surface area contributed by atoms with Crippen LogP contribution in [-0.2, 0) is 19.1 Å². The van der Waals surface area contributed by atoms with Crippen LogP contribution >= 0.6 is 21.6 Å². The molecule has 40 heavy (non-hydrogen) atoms. The lowest BCUT2D eigenvalue weighted by atomic mass is 9.99. The molecule has 0 saturated heterocycles. The first-order valence-corrected chi connectivity index (χ1v) is 23.3. The Bertz CT molecular complexity index is 823. The Kier molecular flexibility index (Phi) is 14.2. The van der Waals surface area contributed by atoms with Crippen molar-refractivity contribution in [1.29, 1.82) is 0 Å². The van der Waals surface area contributed by atoms with Crippen LogP contribution in [0.2, 0.25) is 51.4 Å². The van der Waals surface area contributed by atoms with Crippen molar-refractivity contribution in [3.8, 4) is 0 Å². The summed E-state index contributed by atoms with van der Waals surface area (Å²) >= 11 is 0. The molecule has 0 aromatic heterocycles. The highest BCUT2D eigenvalue weighted by atomic mass is 33.1. The van der Waals surface area contributed by atoms with Crippen LogP contribution in [0.25, 0.3) is 0 Å². The number of carbonyl (C=O) groups is 4. The molecule has 4 N–H and O–H groups in total. The van der Waals surface area contributed by atoms with Gasteiger partial charge in [-0.05, 0) is 54.4 Å². The fraction of sp³-hybridized carbons (Fsp3) is 0.846. The van der Waals surface area contributed by atoms with E-state index < -0.39 is 62.6 Å². The second-order valence-electron chi connectivity index (χ2n) is 14.7. The van der Waals surface area contributed by atoms with Gasteiger partial charge in [-0.15, -0.1) is 0 Å². The van der Waals surface area contributed by atoms with Crippen molar-refractivity contribution in [2.24, 2.45) is 0 Å². The maximum absolute atomic E-state index is 12.7. The van der Waals surface area contributed by atoms with Crippen LogP contribution in [0.1, 0.15) is 54.4 Å². The van der Waals surface area contributed by atoms with Gasteiger partial charge < -0.3 is 30.3 Å². The number of nitrogens with one attached hydrogen (secondary N) is 2. The van der Waals surface area contributed by atoms with Crippen LogP contribution in [0.5, 0.6) is 0 Å². The third kappa shape index (κ3) is 16.2. The third-order valence-electron chi connectivity index (χ3n) is 5.60. The first-order chi connectivity index (χ1) is 17.7. The lowest BCUT2D eigenvalue weighted by molar-refractivity contribution is -0.144. The van der Waals surface area contributed by atoms with Crippen LogP contribution in [0, 0.1) is 0 Å². The third-order valence-corrected chi connectivity index (χ3v) is 11.7. The number of aliphatic carboxylic acids is 2. The van der Waals surface area contributed by atoms with Gasteiger partial charge in [-0.25, -0.2) is 19.2 Å². The van der Waals surface area contributed by atoms with Crippen molar-refractivity contribution in [2.75, 3.05) is 11.5 Å². The molecule has 0 radical (unpaired) electrons. The van der Waals surface area contributed by atoms with Crippen molar-refractivity contribution in [2.45, 2.75) is 128 Å². The van der Waals surface area contributed by atoms with Gasteiger partial charge >= 0.3 is 24.1 Å². The molecule has 0 aromatic carbocycles. The lowest BCUT2D eigenvalue weighted by Gasteiger charge is -2.35. The SMILES string of the molecule is CC(C)(C)OC(=O)NC(CC[Si](C)(C)C)(CSSCC(CC[Si](C)(C)C)(NC(=O)OC(C)(C)C)C(=O)O)C(=O)O. The van der Waals surface area contributed by atoms with Gasteiger partial charge in [0.25, 0.3) is 0 Å². The first kappa shape index (κ1) is 38.6. The topological polar surface area (TPSA) is 151 Å². The summed E-state index contributed by atoms with van der Waals surface area (Å²) in [5.41, 5.74) is -4.83. The number of rotatable bonds is 15. The molecule has 234 valence electrons. The normalized spacial score (nSPS) is 15.8. The summed E-state index contributed by atoms with van der Waals surface area (Å²) < 4.78 is 10.7. The zero-order valence-electron chi connectivity index (χ0n) is 26.4. The van der Waals surface area contributed by atoms with Gasteiger partial charge in [0.15, 0.2) is 0 Å². The van der Waals surface area contributed by atoms with Crippen molar-refractivity contribution in [3.05, 3.63) is 0 Å². The fourth-order valence-corrected chi connectivity index (χ4v) is 8.55. The number of carboxylic acid groups (broad SMARTS) is 2. The Morgan fingerprint density at radius 3 is 1.10 bits per heavy atom. The second kappa shape index (κ2) is 14.7. The maximum Gasteiger partial charge on any atom is 0.408 e. The van der Waals surface area contributed by atoms with Crippen LogP contribution in [-0.4, -0.2) is 84.3 Å². The molecule has 0 bridgehead atoms. The van der Waals surface area contributed by atoms with E-state index in [9.17, 15) is 29.4 Å². The van der Waals surface area contributed by atoms with Gasteiger partial charge in [-0.2, -0.15) is 0 Å². The highest BCUT2D eigenvalue weighted by Crippen LogP contribution is 2.35. The summed E-state index contributed by atoms with van der Waals surface area (Å²) in [4.78, 5) is 50.5. The molecule has 0 spiro atoms. The lowest BCUT2D eigenvalue weighted by Crippen LogP contribution is -2.58. The quantitative estimate of drug-likeness (QED) is 0.0884. The van der Waals surface area contributed by atoms with Crippen molar-refractivity contribution < 1.29 is 38.9 Å². The molecule has 0 fully saturated rings. The summed E-state index contributed by atoms with van der Waals surface area (Å²) in [6, 6.07) is 1.30. The Hall–Kier alpha value is -1.39. The van der Waals surface area contributed by atoms with E-state index in [-0.39, 0.29) is 24.3 Å². The average molecular weight is 641 g/mol. The smallest absolute Gasteiger partial charge is 0.408 e. The zero-order chi connectivity index (χ0) is 31.8. The highest BCUT2D eigenvalue weighted by Gasteiger charge is 2.45. The minimum atomic E-state index is -1.68. The van der Waals surface area contributed by atoms with E-state index in [2.05, 4.69) is 49.9 Å². The van der Waals surface area contributed by atoms with E-state index in [0.29, 0.717) is 12.1 Å². The highest BCUT2D eigenvalue weighted by molar-refractivity contribution is 8.76. The van der Waals surface area contributed by atoms with Crippen LogP contribution in [0.15, 0.2) is 0 Å². The fourth-order valence-electron chi connectivity index (χ4n) is 3.25. The van der Waals surface area contributed by atoms with Crippen molar-refractivity contribution >= 4 is 61.9 Å². The van der Waals surface area contributed by atoms with Gasteiger partial charge in [0.2, 0.25) is 0 Å². The minimum Gasteiger partial charge on any atom is -0.479 e. The number of hydrogen-bond acceptors (Lipinski definition) is 8. The number of amides is 2. The molecule has 0 aliphatic rings. The van der Waals surface area contributed by atoms with Crippen LogP contribution in [0.4, 0.5) is 9.59 Å². The molecule has 0 aliphatic heterocycles. The van der Waals surface area contributed by atoms with Crippen LogP contribution in [0.3, 0.4) is 0 Å². The van der Waals surface area contributed by atoms with E-state index in [1.54, 1.807) is 41.5 Å².